The smallest absolute Gasteiger partial charge is 0.225 e. The van der Waals surface area contributed by atoms with Crippen LogP contribution in [-0.4, -0.2) is 35.3 Å². The van der Waals surface area contributed by atoms with Crippen LogP contribution in [0.15, 0.2) is 30.3 Å². The lowest BCUT2D eigenvalue weighted by Crippen LogP contribution is -2.50. The molecule has 2 unspecified atom stereocenters. The minimum absolute atomic E-state index is 0. The van der Waals surface area contributed by atoms with E-state index >= 15 is 0 Å². The summed E-state index contributed by atoms with van der Waals surface area (Å²) in [6.07, 6.45) is 1.90. The van der Waals surface area contributed by atoms with E-state index < -0.39 is 0 Å². The van der Waals surface area contributed by atoms with E-state index in [1.807, 2.05) is 51.1 Å². The molecule has 2 amide bonds. The monoisotopic (exact) mass is 367 g/mol. The van der Waals surface area contributed by atoms with Gasteiger partial charge in [-0.05, 0) is 25.3 Å². The van der Waals surface area contributed by atoms with Gasteiger partial charge >= 0.3 is 0 Å². The number of rotatable bonds is 7. The van der Waals surface area contributed by atoms with Crippen molar-refractivity contribution in [2.75, 3.05) is 13.1 Å². The van der Waals surface area contributed by atoms with Crippen LogP contribution in [0.4, 0.5) is 0 Å². The first-order valence-corrected chi connectivity index (χ1v) is 8.81. The zero-order valence-electron chi connectivity index (χ0n) is 15.3. The number of hydrogen-bond donors (Lipinski definition) is 2. The van der Waals surface area contributed by atoms with Gasteiger partial charge in [-0.3, -0.25) is 9.59 Å². The Balaban J connectivity index is 0.00000312. The SMILES string of the molecule is CCC(N)(CC)CNC(=O)C1CC(=O)N(C(C)c2ccccc2)C1.Cl. The first-order chi connectivity index (χ1) is 11.4. The van der Waals surface area contributed by atoms with Crippen molar-refractivity contribution in [1.82, 2.24) is 10.2 Å². The number of halogens is 1. The summed E-state index contributed by atoms with van der Waals surface area (Å²) in [7, 11) is 0. The van der Waals surface area contributed by atoms with Crippen LogP contribution in [0.1, 0.15) is 51.6 Å². The minimum atomic E-state index is -0.366. The molecular formula is C19H30ClN3O2. The number of likely N-dealkylation sites (tertiary alicyclic amines) is 1. The number of nitrogens with two attached hydrogens (primary N) is 1. The van der Waals surface area contributed by atoms with Crippen molar-refractivity contribution in [2.45, 2.75) is 51.6 Å². The van der Waals surface area contributed by atoms with Crippen LogP contribution < -0.4 is 11.1 Å². The molecule has 5 nitrogen and oxygen atoms in total. The van der Waals surface area contributed by atoms with Gasteiger partial charge in [-0.1, -0.05) is 44.2 Å². The molecule has 1 saturated heterocycles. The molecule has 3 N–H and O–H groups in total. The molecule has 1 aliphatic rings. The Kier molecular flexibility index (Phi) is 7.90. The summed E-state index contributed by atoms with van der Waals surface area (Å²) >= 11 is 0. The van der Waals surface area contributed by atoms with Crippen molar-refractivity contribution in [3.63, 3.8) is 0 Å². The van der Waals surface area contributed by atoms with Crippen molar-refractivity contribution in [1.29, 1.82) is 0 Å². The van der Waals surface area contributed by atoms with Crippen molar-refractivity contribution in [3.8, 4) is 0 Å². The van der Waals surface area contributed by atoms with Crippen molar-refractivity contribution in [3.05, 3.63) is 35.9 Å². The van der Waals surface area contributed by atoms with Gasteiger partial charge < -0.3 is 16.0 Å². The fourth-order valence-corrected chi connectivity index (χ4v) is 3.10. The number of nitrogens with zero attached hydrogens (tertiary/aromatic N) is 1. The van der Waals surface area contributed by atoms with Crippen molar-refractivity contribution in [2.24, 2.45) is 11.7 Å². The maximum Gasteiger partial charge on any atom is 0.225 e. The maximum atomic E-state index is 12.4. The molecule has 0 saturated carbocycles. The molecule has 1 heterocycles. The van der Waals surface area contributed by atoms with Gasteiger partial charge in [0.2, 0.25) is 11.8 Å². The van der Waals surface area contributed by atoms with Gasteiger partial charge in [0.15, 0.2) is 0 Å². The normalized spacial score (nSPS) is 18.6. The molecule has 0 spiro atoms. The third kappa shape index (κ3) is 5.19. The summed E-state index contributed by atoms with van der Waals surface area (Å²) in [4.78, 5) is 26.6. The number of carbonyl (C=O) groups excluding carboxylic acids is 2. The molecule has 1 aromatic rings. The lowest BCUT2D eigenvalue weighted by Gasteiger charge is -2.28. The first-order valence-electron chi connectivity index (χ1n) is 8.81. The Bertz CT molecular complexity index is 575. The molecule has 1 aliphatic heterocycles. The standard InChI is InChI=1S/C19H29N3O2.ClH/c1-4-19(20,5-2)13-21-18(24)16-11-17(23)22(12-16)14(3)15-9-7-6-8-10-15;/h6-10,14,16H,4-5,11-13,20H2,1-3H3,(H,21,24);1H. The fraction of sp³-hybridized carbons (Fsp3) is 0.579. The van der Waals surface area contributed by atoms with Gasteiger partial charge in [0.1, 0.15) is 0 Å². The zero-order valence-corrected chi connectivity index (χ0v) is 16.1. The minimum Gasteiger partial charge on any atom is -0.354 e. The topological polar surface area (TPSA) is 75.4 Å². The third-order valence-corrected chi connectivity index (χ3v) is 5.30. The van der Waals surface area contributed by atoms with Crippen LogP contribution in [-0.2, 0) is 9.59 Å². The summed E-state index contributed by atoms with van der Waals surface area (Å²) in [5.41, 5.74) is 6.95. The first kappa shape index (κ1) is 21.5. The number of amides is 2. The summed E-state index contributed by atoms with van der Waals surface area (Å²) < 4.78 is 0. The van der Waals surface area contributed by atoms with E-state index in [0.717, 1.165) is 18.4 Å². The summed E-state index contributed by atoms with van der Waals surface area (Å²) in [5.74, 6) is -0.319. The van der Waals surface area contributed by atoms with Gasteiger partial charge in [0.05, 0.1) is 12.0 Å². The molecule has 1 aromatic carbocycles. The molecule has 0 aromatic heterocycles. The average Bonchev–Trinajstić information content (AvgIpc) is 3.01. The highest BCUT2D eigenvalue weighted by molar-refractivity contribution is 5.89. The molecule has 0 radical (unpaired) electrons. The van der Waals surface area contributed by atoms with E-state index in [1.54, 1.807) is 4.90 Å². The zero-order chi connectivity index (χ0) is 17.7. The molecular weight excluding hydrogens is 338 g/mol. The second-order valence-electron chi connectivity index (χ2n) is 6.82. The quantitative estimate of drug-likeness (QED) is 0.777. The predicted molar refractivity (Wildman–Crippen MR) is 102 cm³/mol. The molecule has 2 atom stereocenters. The molecule has 140 valence electrons. The highest BCUT2D eigenvalue weighted by Gasteiger charge is 2.37. The van der Waals surface area contributed by atoms with Crippen LogP contribution in [0.2, 0.25) is 0 Å². The van der Waals surface area contributed by atoms with Crippen molar-refractivity contribution < 1.29 is 9.59 Å². The molecule has 25 heavy (non-hydrogen) atoms. The van der Waals surface area contributed by atoms with Crippen LogP contribution >= 0.6 is 12.4 Å². The Morgan fingerprint density at radius 3 is 2.48 bits per heavy atom. The fourth-order valence-electron chi connectivity index (χ4n) is 3.10. The molecule has 0 aliphatic carbocycles. The van der Waals surface area contributed by atoms with Crippen LogP contribution in [0.5, 0.6) is 0 Å². The summed E-state index contributed by atoms with van der Waals surface area (Å²) in [5, 5.41) is 2.94. The van der Waals surface area contributed by atoms with E-state index in [9.17, 15) is 9.59 Å². The Morgan fingerprint density at radius 2 is 1.92 bits per heavy atom. The summed E-state index contributed by atoms with van der Waals surface area (Å²) in [6.45, 7) is 6.98. The number of benzene rings is 1. The molecule has 2 rings (SSSR count). The Labute approximate surface area is 156 Å². The second-order valence-corrected chi connectivity index (χ2v) is 6.82. The highest BCUT2D eigenvalue weighted by Crippen LogP contribution is 2.28. The van der Waals surface area contributed by atoms with E-state index in [-0.39, 0.29) is 48.1 Å². The number of carbonyl (C=O) groups is 2. The number of hydrogen-bond acceptors (Lipinski definition) is 3. The average molecular weight is 368 g/mol. The molecule has 6 heteroatoms. The van der Waals surface area contributed by atoms with E-state index in [0.29, 0.717) is 13.1 Å². The van der Waals surface area contributed by atoms with Gasteiger partial charge in [0.25, 0.3) is 0 Å². The van der Waals surface area contributed by atoms with Crippen LogP contribution in [0, 0.1) is 5.92 Å². The second kappa shape index (κ2) is 9.20. The van der Waals surface area contributed by atoms with E-state index in [2.05, 4.69) is 5.32 Å². The molecule has 0 bridgehead atoms. The van der Waals surface area contributed by atoms with E-state index in [4.69, 9.17) is 5.73 Å². The maximum absolute atomic E-state index is 12.4. The van der Waals surface area contributed by atoms with Crippen LogP contribution in [0.25, 0.3) is 0 Å². The van der Waals surface area contributed by atoms with E-state index in [1.165, 1.54) is 0 Å². The van der Waals surface area contributed by atoms with Gasteiger partial charge in [-0.15, -0.1) is 12.4 Å². The largest absolute Gasteiger partial charge is 0.354 e. The lowest BCUT2D eigenvalue weighted by atomic mass is 9.94. The third-order valence-electron chi connectivity index (χ3n) is 5.30. The molecule has 1 fully saturated rings. The van der Waals surface area contributed by atoms with Crippen LogP contribution in [0.3, 0.4) is 0 Å². The van der Waals surface area contributed by atoms with Gasteiger partial charge in [-0.2, -0.15) is 0 Å². The highest BCUT2D eigenvalue weighted by atomic mass is 35.5. The van der Waals surface area contributed by atoms with Gasteiger partial charge in [-0.25, -0.2) is 0 Å². The summed E-state index contributed by atoms with van der Waals surface area (Å²) in [6, 6.07) is 9.89. The predicted octanol–water partition coefficient (Wildman–Crippen LogP) is 2.65. The Morgan fingerprint density at radius 1 is 1.32 bits per heavy atom. The number of nitrogens with one attached hydrogen (secondary N) is 1. The Hall–Kier alpha value is -1.59. The van der Waals surface area contributed by atoms with Gasteiger partial charge in [0, 0.05) is 25.0 Å². The van der Waals surface area contributed by atoms with Crippen molar-refractivity contribution >= 4 is 24.2 Å². The lowest BCUT2D eigenvalue weighted by molar-refractivity contribution is -0.130.